The molecule has 0 aromatic heterocycles. The third-order valence-electron chi connectivity index (χ3n) is 4.80. The van der Waals surface area contributed by atoms with Crippen molar-refractivity contribution in [1.82, 2.24) is 4.90 Å². The second-order valence-electron chi connectivity index (χ2n) is 6.76. The van der Waals surface area contributed by atoms with Crippen molar-refractivity contribution < 1.29 is 19.4 Å². The average molecular weight is 400 g/mol. The van der Waals surface area contributed by atoms with Gasteiger partial charge in [-0.15, -0.1) is 0 Å². The lowest BCUT2D eigenvalue weighted by Gasteiger charge is -2.25. The van der Waals surface area contributed by atoms with Crippen molar-refractivity contribution in [2.75, 3.05) is 20.3 Å². The Morgan fingerprint density at radius 3 is 2.36 bits per heavy atom. The monoisotopic (exact) mass is 399 g/mol. The molecule has 1 N–H and O–H groups in total. The van der Waals surface area contributed by atoms with Crippen LogP contribution in [0.15, 0.2) is 54.1 Å². The van der Waals surface area contributed by atoms with Crippen LogP contribution in [0, 0.1) is 6.92 Å². The van der Waals surface area contributed by atoms with E-state index in [1.54, 1.807) is 31.4 Å². The van der Waals surface area contributed by atoms with E-state index in [2.05, 4.69) is 0 Å². The van der Waals surface area contributed by atoms with Gasteiger partial charge in [-0.25, -0.2) is 0 Å². The third-order valence-corrected chi connectivity index (χ3v) is 5.05. The van der Waals surface area contributed by atoms with Crippen molar-refractivity contribution in [1.29, 1.82) is 0 Å². The van der Waals surface area contributed by atoms with E-state index in [1.807, 2.05) is 31.2 Å². The fourth-order valence-corrected chi connectivity index (χ4v) is 3.47. The molecule has 1 aliphatic heterocycles. The summed E-state index contributed by atoms with van der Waals surface area (Å²) in [6.45, 7) is 2.79. The average Bonchev–Trinajstić information content (AvgIpc) is 2.94. The molecule has 0 bridgehead atoms. The number of methoxy groups -OCH3 is 1. The Morgan fingerprint density at radius 1 is 1.11 bits per heavy atom. The van der Waals surface area contributed by atoms with Crippen LogP contribution >= 0.6 is 11.6 Å². The largest absolute Gasteiger partial charge is 0.507 e. The van der Waals surface area contributed by atoms with Crippen molar-refractivity contribution in [3.63, 3.8) is 0 Å². The van der Waals surface area contributed by atoms with Gasteiger partial charge in [-0.1, -0.05) is 41.4 Å². The lowest BCUT2D eigenvalue weighted by Crippen LogP contribution is -2.31. The number of aliphatic hydroxyl groups excluding tert-OH is 1. The number of carbonyl (C=O) groups excluding carboxylic acids is 2. The Hall–Kier alpha value is -2.63. The molecule has 0 saturated carbocycles. The lowest BCUT2D eigenvalue weighted by atomic mass is 9.94. The number of nitrogens with zero attached hydrogens (tertiary/aromatic N) is 1. The summed E-state index contributed by atoms with van der Waals surface area (Å²) in [4.78, 5) is 27.0. The minimum absolute atomic E-state index is 0.0913. The summed E-state index contributed by atoms with van der Waals surface area (Å²) < 4.78 is 5.08. The smallest absolute Gasteiger partial charge is 0.295 e. The molecule has 3 rings (SSSR count). The maximum absolute atomic E-state index is 12.8. The fourth-order valence-electron chi connectivity index (χ4n) is 3.35. The number of aryl methyl sites for hydroxylation is 1. The summed E-state index contributed by atoms with van der Waals surface area (Å²) in [5.74, 6) is -1.50. The van der Waals surface area contributed by atoms with Crippen LogP contribution in [-0.2, 0) is 14.3 Å². The number of hydrogen-bond acceptors (Lipinski definition) is 4. The van der Waals surface area contributed by atoms with Crippen LogP contribution in [0.1, 0.15) is 29.2 Å². The second-order valence-corrected chi connectivity index (χ2v) is 7.19. The molecule has 5 nitrogen and oxygen atoms in total. The molecule has 0 aliphatic carbocycles. The Bertz CT molecular complexity index is 903. The fraction of sp³-hybridized carbons (Fsp3) is 0.273. The van der Waals surface area contributed by atoms with Crippen molar-refractivity contribution in [2.45, 2.75) is 19.4 Å². The first-order valence-corrected chi connectivity index (χ1v) is 9.41. The molecule has 1 atom stereocenters. The molecule has 0 radical (unpaired) electrons. The summed E-state index contributed by atoms with van der Waals surface area (Å²) in [5.41, 5.74) is 2.38. The predicted octanol–water partition coefficient (Wildman–Crippen LogP) is 4.11. The van der Waals surface area contributed by atoms with Crippen LogP contribution in [0.5, 0.6) is 0 Å². The first-order chi connectivity index (χ1) is 13.4. The highest BCUT2D eigenvalue weighted by molar-refractivity contribution is 6.46. The van der Waals surface area contributed by atoms with Crippen LogP contribution < -0.4 is 0 Å². The van der Waals surface area contributed by atoms with Crippen molar-refractivity contribution in [3.05, 3.63) is 75.8 Å². The predicted molar refractivity (Wildman–Crippen MR) is 108 cm³/mol. The molecule has 1 heterocycles. The van der Waals surface area contributed by atoms with Crippen LogP contribution in [0.25, 0.3) is 5.76 Å². The van der Waals surface area contributed by atoms with Crippen LogP contribution in [0.2, 0.25) is 5.02 Å². The highest BCUT2D eigenvalue weighted by Crippen LogP contribution is 2.39. The Kier molecular flexibility index (Phi) is 6.17. The zero-order valence-corrected chi connectivity index (χ0v) is 16.6. The standard InChI is InChI=1S/C22H22ClNO4/c1-14-4-6-15(7-5-14)19-18(20(25)16-8-10-17(23)11-9-16)21(26)22(27)24(19)12-3-13-28-2/h4-11,19,25H,3,12-13H2,1-2H3/t19-/m1/s1. The van der Waals surface area contributed by atoms with Crippen LogP contribution in [0.3, 0.4) is 0 Å². The summed E-state index contributed by atoms with van der Waals surface area (Å²) in [7, 11) is 1.59. The van der Waals surface area contributed by atoms with Gasteiger partial charge < -0.3 is 14.7 Å². The molecule has 2 aromatic carbocycles. The van der Waals surface area contributed by atoms with Gasteiger partial charge in [0.25, 0.3) is 11.7 Å². The van der Waals surface area contributed by atoms with E-state index in [9.17, 15) is 14.7 Å². The van der Waals surface area contributed by atoms with Gasteiger partial charge in [0, 0.05) is 30.8 Å². The van der Waals surface area contributed by atoms with Gasteiger partial charge in [0.15, 0.2) is 0 Å². The summed E-state index contributed by atoms with van der Waals surface area (Å²) >= 11 is 5.92. The molecular weight excluding hydrogens is 378 g/mol. The number of aliphatic hydroxyl groups is 1. The van der Waals surface area contributed by atoms with Gasteiger partial charge in [-0.2, -0.15) is 0 Å². The second kappa shape index (κ2) is 8.59. The maximum Gasteiger partial charge on any atom is 0.295 e. The number of ketones is 1. The van der Waals surface area contributed by atoms with E-state index >= 15 is 0 Å². The van der Waals surface area contributed by atoms with Crippen molar-refractivity contribution >= 4 is 29.1 Å². The Labute approximate surface area is 169 Å². The highest BCUT2D eigenvalue weighted by Gasteiger charge is 2.45. The summed E-state index contributed by atoms with van der Waals surface area (Å²) in [6.07, 6.45) is 0.590. The zero-order chi connectivity index (χ0) is 20.3. The molecule has 1 saturated heterocycles. The number of carbonyl (C=O) groups is 2. The lowest BCUT2D eigenvalue weighted by molar-refractivity contribution is -0.140. The van der Waals surface area contributed by atoms with E-state index < -0.39 is 17.7 Å². The van der Waals surface area contributed by atoms with Gasteiger partial charge >= 0.3 is 0 Å². The van der Waals surface area contributed by atoms with E-state index in [0.29, 0.717) is 30.2 Å². The number of halogens is 1. The topological polar surface area (TPSA) is 66.8 Å². The van der Waals surface area contributed by atoms with Gasteiger partial charge in [0.05, 0.1) is 11.6 Å². The molecule has 146 valence electrons. The van der Waals surface area contributed by atoms with Gasteiger partial charge in [0.1, 0.15) is 5.76 Å². The zero-order valence-electron chi connectivity index (χ0n) is 15.8. The highest BCUT2D eigenvalue weighted by atomic mass is 35.5. The molecule has 1 aliphatic rings. The molecular formula is C22H22ClNO4. The number of hydrogen-bond donors (Lipinski definition) is 1. The number of rotatable bonds is 6. The van der Waals surface area contributed by atoms with E-state index in [4.69, 9.17) is 16.3 Å². The summed E-state index contributed by atoms with van der Waals surface area (Å²) in [5, 5.41) is 11.4. The first kappa shape index (κ1) is 20.1. The van der Waals surface area contributed by atoms with Crippen molar-refractivity contribution in [2.24, 2.45) is 0 Å². The molecule has 0 spiro atoms. The number of likely N-dealkylation sites (tertiary alicyclic amines) is 1. The molecule has 28 heavy (non-hydrogen) atoms. The van der Waals surface area contributed by atoms with E-state index in [1.165, 1.54) is 4.90 Å². The van der Waals surface area contributed by atoms with Crippen LogP contribution in [-0.4, -0.2) is 42.0 Å². The van der Waals surface area contributed by atoms with Gasteiger partial charge in [-0.05, 0) is 43.2 Å². The first-order valence-electron chi connectivity index (χ1n) is 9.04. The molecule has 1 amide bonds. The van der Waals surface area contributed by atoms with Crippen LogP contribution in [0.4, 0.5) is 0 Å². The quantitative estimate of drug-likeness (QED) is 0.343. The Balaban J connectivity index is 2.10. The SMILES string of the molecule is COCCCN1C(=O)C(=O)C(=C(O)c2ccc(Cl)cc2)[C@H]1c1ccc(C)cc1. The molecule has 1 fully saturated rings. The molecule has 0 unspecified atom stereocenters. The minimum Gasteiger partial charge on any atom is -0.507 e. The van der Waals surface area contributed by atoms with E-state index in [0.717, 1.165) is 11.1 Å². The third kappa shape index (κ3) is 3.96. The number of benzene rings is 2. The molecule has 2 aromatic rings. The van der Waals surface area contributed by atoms with Gasteiger partial charge in [0.2, 0.25) is 0 Å². The number of ether oxygens (including phenoxy) is 1. The minimum atomic E-state index is -0.685. The maximum atomic E-state index is 12.8. The number of amides is 1. The normalized spacial score (nSPS) is 18.7. The Morgan fingerprint density at radius 2 is 1.75 bits per heavy atom. The molecule has 6 heteroatoms. The van der Waals surface area contributed by atoms with E-state index in [-0.39, 0.29) is 11.3 Å². The summed E-state index contributed by atoms with van der Waals surface area (Å²) in [6, 6.07) is 13.5. The van der Waals surface area contributed by atoms with Crippen molar-refractivity contribution in [3.8, 4) is 0 Å². The number of Topliss-reactive ketones (excluding diaryl/α,β-unsaturated/α-hetero) is 1. The van der Waals surface area contributed by atoms with Gasteiger partial charge in [-0.3, -0.25) is 9.59 Å².